The van der Waals surface area contributed by atoms with Crippen molar-refractivity contribution in [3.63, 3.8) is 0 Å². The Balaban J connectivity index is 1.84. The van der Waals surface area contributed by atoms with Crippen LogP contribution in [-0.4, -0.2) is 26.1 Å². The molecule has 3 rings (SSSR count). The third-order valence-electron chi connectivity index (χ3n) is 2.90. The Morgan fingerprint density at radius 2 is 2.00 bits per heavy atom. The van der Waals surface area contributed by atoms with Crippen LogP contribution < -0.4 is 11.1 Å². The lowest BCUT2D eigenvalue weighted by Crippen LogP contribution is -2.15. The standard InChI is InChI=1S/C14H12N6O/c15-13-11(14(21)19-10-3-5-16-6-4-10)1-2-12(20-13)9-7-17-18-8-9/h1-8H,(H2,15,20)(H,17,18)(H,16,19,21). The quantitative estimate of drug-likeness (QED) is 0.676. The van der Waals surface area contributed by atoms with Gasteiger partial charge in [0.25, 0.3) is 5.91 Å². The molecule has 0 radical (unpaired) electrons. The first-order valence-electron chi connectivity index (χ1n) is 6.21. The zero-order valence-corrected chi connectivity index (χ0v) is 10.9. The molecule has 3 heterocycles. The lowest BCUT2D eigenvalue weighted by Gasteiger charge is -2.07. The summed E-state index contributed by atoms with van der Waals surface area (Å²) in [6.07, 6.45) is 6.54. The number of anilines is 2. The molecule has 0 aliphatic heterocycles. The fourth-order valence-corrected chi connectivity index (χ4v) is 1.85. The highest BCUT2D eigenvalue weighted by molar-refractivity contribution is 6.07. The number of pyridine rings is 2. The predicted molar refractivity (Wildman–Crippen MR) is 78.4 cm³/mol. The van der Waals surface area contributed by atoms with Gasteiger partial charge < -0.3 is 11.1 Å². The molecule has 0 unspecified atom stereocenters. The highest BCUT2D eigenvalue weighted by Crippen LogP contribution is 2.19. The number of amides is 1. The number of rotatable bonds is 3. The van der Waals surface area contributed by atoms with E-state index in [9.17, 15) is 4.79 Å². The van der Waals surface area contributed by atoms with E-state index in [0.29, 0.717) is 16.9 Å². The fourth-order valence-electron chi connectivity index (χ4n) is 1.85. The molecule has 0 aliphatic carbocycles. The van der Waals surface area contributed by atoms with Crippen LogP contribution in [0.3, 0.4) is 0 Å². The van der Waals surface area contributed by atoms with Crippen molar-refractivity contribution >= 4 is 17.4 Å². The Morgan fingerprint density at radius 3 is 2.67 bits per heavy atom. The van der Waals surface area contributed by atoms with Crippen molar-refractivity contribution in [1.82, 2.24) is 20.2 Å². The molecular formula is C14H12N6O. The summed E-state index contributed by atoms with van der Waals surface area (Å²) in [6, 6.07) is 6.76. The maximum absolute atomic E-state index is 12.2. The molecule has 0 atom stereocenters. The minimum Gasteiger partial charge on any atom is -0.383 e. The van der Waals surface area contributed by atoms with Crippen LogP contribution in [0.5, 0.6) is 0 Å². The van der Waals surface area contributed by atoms with E-state index in [1.54, 1.807) is 49.1 Å². The molecule has 0 bridgehead atoms. The number of hydrogen-bond donors (Lipinski definition) is 3. The molecule has 3 aromatic heterocycles. The number of nitrogen functional groups attached to an aromatic ring is 1. The highest BCUT2D eigenvalue weighted by Gasteiger charge is 2.12. The van der Waals surface area contributed by atoms with Gasteiger partial charge in [-0.05, 0) is 24.3 Å². The second-order valence-corrected chi connectivity index (χ2v) is 4.31. The van der Waals surface area contributed by atoms with Crippen molar-refractivity contribution < 1.29 is 4.79 Å². The third kappa shape index (κ3) is 2.71. The van der Waals surface area contributed by atoms with Crippen LogP contribution in [0.1, 0.15) is 10.4 Å². The van der Waals surface area contributed by atoms with Crippen LogP contribution >= 0.6 is 0 Å². The molecule has 0 aliphatic rings. The molecule has 7 heteroatoms. The van der Waals surface area contributed by atoms with Gasteiger partial charge in [0.2, 0.25) is 0 Å². The summed E-state index contributed by atoms with van der Waals surface area (Å²) in [4.78, 5) is 20.3. The molecule has 0 aromatic carbocycles. The molecule has 3 aromatic rings. The van der Waals surface area contributed by atoms with E-state index in [2.05, 4.69) is 25.5 Å². The summed E-state index contributed by atoms with van der Waals surface area (Å²) < 4.78 is 0. The minimum atomic E-state index is -0.315. The normalized spacial score (nSPS) is 10.3. The van der Waals surface area contributed by atoms with E-state index in [0.717, 1.165) is 5.56 Å². The smallest absolute Gasteiger partial charge is 0.259 e. The van der Waals surface area contributed by atoms with Crippen LogP contribution in [0.2, 0.25) is 0 Å². The van der Waals surface area contributed by atoms with Gasteiger partial charge in [-0.15, -0.1) is 0 Å². The number of nitrogens with zero attached hydrogens (tertiary/aromatic N) is 3. The van der Waals surface area contributed by atoms with Crippen LogP contribution in [0.4, 0.5) is 11.5 Å². The summed E-state index contributed by atoms with van der Waals surface area (Å²) in [5.41, 5.74) is 8.29. The third-order valence-corrected chi connectivity index (χ3v) is 2.90. The number of nitrogens with one attached hydrogen (secondary N) is 2. The Kier molecular flexibility index (Phi) is 3.30. The fraction of sp³-hybridized carbons (Fsp3) is 0. The van der Waals surface area contributed by atoms with Crippen LogP contribution in [-0.2, 0) is 0 Å². The van der Waals surface area contributed by atoms with Crippen molar-refractivity contribution in [2.24, 2.45) is 0 Å². The van der Waals surface area contributed by atoms with Crippen LogP contribution in [0, 0.1) is 0 Å². The Labute approximate surface area is 120 Å². The SMILES string of the molecule is Nc1nc(-c2cn[nH]c2)ccc1C(=O)Nc1ccncc1. The molecule has 0 spiro atoms. The van der Waals surface area contributed by atoms with Gasteiger partial charge >= 0.3 is 0 Å². The molecule has 4 N–H and O–H groups in total. The minimum absolute atomic E-state index is 0.167. The lowest BCUT2D eigenvalue weighted by atomic mass is 10.1. The van der Waals surface area contributed by atoms with Crippen LogP contribution in [0.15, 0.2) is 49.1 Å². The zero-order chi connectivity index (χ0) is 14.7. The van der Waals surface area contributed by atoms with Gasteiger partial charge in [-0.1, -0.05) is 0 Å². The van der Waals surface area contributed by atoms with Gasteiger partial charge in [-0.2, -0.15) is 5.10 Å². The van der Waals surface area contributed by atoms with Crippen molar-refractivity contribution in [1.29, 1.82) is 0 Å². The Bertz CT molecular complexity index is 754. The molecule has 0 saturated carbocycles. The number of hydrogen-bond acceptors (Lipinski definition) is 5. The number of aromatic amines is 1. The summed E-state index contributed by atoms with van der Waals surface area (Å²) >= 11 is 0. The van der Waals surface area contributed by atoms with Gasteiger partial charge in [0, 0.05) is 29.8 Å². The largest absolute Gasteiger partial charge is 0.383 e. The number of nitrogens with two attached hydrogens (primary N) is 1. The topological polar surface area (TPSA) is 110 Å². The molecule has 7 nitrogen and oxygen atoms in total. The number of aromatic nitrogens is 4. The second kappa shape index (κ2) is 5.41. The van der Waals surface area contributed by atoms with Gasteiger partial charge in [0.05, 0.1) is 17.5 Å². The average molecular weight is 280 g/mol. The Hall–Kier alpha value is -3.22. The van der Waals surface area contributed by atoms with E-state index in [4.69, 9.17) is 5.73 Å². The zero-order valence-electron chi connectivity index (χ0n) is 10.9. The summed E-state index contributed by atoms with van der Waals surface area (Å²) in [7, 11) is 0. The predicted octanol–water partition coefficient (Wildman–Crippen LogP) is 1.70. The highest BCUT2D eigenvalue weighted by atomic mass is 16.1. The molecule has 21 heavy (non-hydrogen) atoms. The van der Waals surface area contributed by atoms with Gasteiger partial charge in [0.1, 0.15) is 5.82 Å². The molecule has 1 amide bonds. The first-order valence-corrected chi connectivity index (χ1v) is 6.21. The summed E-state index contributed by atoms with van der Waals surface area (Å²) in [5.74, 6) is -0.148. The monoisotopic (exact) mass is 280 g/mol. The van der Waals surface area contributed by atoms with Crippen molar-refractivity contribution in [2.45, 2.75) is 0 Å². The molecule has 0 fully saturated rings. The van der Waals surface area contributed by atoms with E-state index in [1.807, 2.05) is 0 Å². The van der Waals surface area contributed by atoms with E-state index >= 15 is 0 Å². The lowest BCUT2D eigenvalue weighted by molar-refractivity contribution is 0.102. The second-order valence-electron chi connectivity index (χ2n) is 4.31. The number of H-pyrrole nitrogens is 1. The van der Waals surface area contributed by atoms with Crippen molar-refractivity contribution in [2.75, 3.05) is 11.1 Å². The first-order chi connectivity index (χ1) is 10.2. The van der Waals surface area contributed by atoms with Gasteiger partial charge in [-0.3, -0.25) is 14.9 Å². The first kappa shape index (κ1) is 12.8. The number of carbonyl (C=O) groups is 1. The van der Waals surface area contributed by atoms with E-state index in [1.165, 1.54) is 0 Å². The molecule has 104 valence electrons. The molecule has 0 saturated heterocycles. The summed E-state index contributed by atoms with van der Waals surface area (Å²) in [5, 5.41) is 9.29. The van der Waals surface area contributed by atoms with Gasteiger partial charge in [-0.25, -0.2) is 4.98 Å². The number of carbonyl (C=O) groups excluding carboxylic acids is 1. The summed E-state index contributed by atoms with van der Waals surface area (Å²) in [6.45, 7) is 0. The van der Waals surface area contributed by atoms with E-state index in [-0.39, 0.29) is 11.7 Å². The maximum Gasteiger partial charge on any atom is 0.259 e. The van der Waals surface area contributed by atoms with E-state index < -0.39 is 0 Å². The Morgan fingerprint density at radius 1 is 1.19 bits per heavy atom. The maximum atomic E-state index is 12.2. The average Bonchev–Trinajstić information content (AvgIpc) is 3.02. The van der Waals surface area contributed by atoms with Crippen molar-refractivity contribution in [3.8, 4) is 11.3 Å². The van der Waals surface area contributed by atoms with Crippen LogP contribution in [0.25, 0.3) is 11.3 Å². The van der Waals surface area contributed by atoms with Gasteiger partial charge in [0.15, 0.2) is 0 Å². The van der Waals surface area contributed by atoms with Crippen molar-refractivity contribution in [3.05, 3.63) is 54.6 Å². The molecular weight excluding hydrogens is 268 g/mol.